The summed E-state index contributed by atoms with van der Waals surface area (Å²) in [7, 11) is 0. The van der Waals surface area contributed by atoms with Crippen LogP contribution in [-0.2, 0) is 0 Å². The van der Waals surface area contributed by atoms with Crippen molar-refractivity contribution in [3.05, 3.63) is 29.3 Å². The van der Waals surface area contributed by atoms with Crippen molar-refractivity contribution in [1.29, 1.82) is 0 Å². The Bertz CT molecular complexity index is 466. The molecular weight excluding hydrogens is 252 g/mol. The minimum atomic E-state index is 0.0419. The molecule has 0 bridgehead atoms. The zero-order valence-electron chi connectivity index (χ0n) is 12.4. The van der Waals surface area contributed by atoms with Crippen LogP contribution in [0.5, 0.6) is 5.75 Å². The van der Waals surface area contributed by atoms with Crippen molar-refractivity contribution < 1.29 is 9.90 Å². The molecule has 110 valence electrons. The molecule has 1 saturated heterocycles. The molecule has 4 heteroatoms. The van der Waals surface area contributed by atoms with E-state index in [0.717, 1.165) is 39.0 Å². The van der Waals surface area contributed by atoms with Crippen LogP contribution in [0.2, 0.25) is 0 Å². The first kappa shape index (κ1) is 14.9. The molecule has 20 heavy (non-hydrogen) atoms. The Hall–Kier alpha value is -1.55. The summed E-state index contributed by atoms with van der Waals surface area (Å²) in [4.78, 5) is 14.4. The van der Waals surface area contributed by atoms with Crippen molar-refractivity contribution >= 4 is 5.91 Å². The zero-order valence-corrected chi connectivity index (χ0v) is 12.4. The number of hydrogen-bond donors (Lipinski definition) is 2. The smallest absolute Gasteiger partial charge is 0.254 e. The summed E-state index contributed by atoms with van der Waals surface area (Å²) in [6.07, 6.45) is 2.10. The molecule has 0 aromatic heterocycles. The van der Waals surface area contributed by atoms with Crippen LogP contribution >= 0.6 is 0 Å². The summed E-state index contributed by atoms with van der Waals surface area (Å²) in [5.41, 5.74) is 1.29. The third kappa shape index (κ3) is 3.31. The second-order valence-corrected chi connectivity index (χ2v) is 5.49. The molecule has 1 aliphatic rings. The van der Waals surface area contributed by atoms with E-state index in [9.17, 15) is 9.90 Å². The van der Waals surface area contributed by atoms with Gasteiger partial charge in [-0.05, 0) is 50.9 Å². The lowest BCUT2D eigenvalue weighted by Crippen LogP contribution is -2.41. The van der Waals surface area contributed by atoms with Gasteiger partial charge in [0, 0.05) is 24.2 Å². The number of nitrogens with zero attached hydrogens (tertiary/aromatic N) is 1. The van der Waals surface area contributed by atoms with Crippen LogP contribution in [0, 0.1) is 12.8 Å². The molecule has 2 rings (SSSR count). The van der Waals surface area contributed by atoms with E-state index < -0.39 is 0 Å². The fraction of sp³-hybridized carbons (Fsp3) is 0.562. The number of likely N-dealkylation sites (tertiary alicyclic amines) is 1. The van der Waals surface area contributed by atoms with Crippen molar-refractivity contribution in [2.24, 2.45) is 5.92 Å². The van der Waals surface area contributed by atoms with Gasteiger partial charge in [-0.15, -0.1) is 0 Å². The Morgan fingerprint density at radius 3 is 2.75 bits per heavy atom. The molecule has 0 unspecified atom stereocenters. The molecule has 0 spiro atoms. The highest BCUT2D eigenvalue weighted by molar-refractivity contribution is 5.96. The number of aromatic hydroxyl groups is 1. The number of hydrogen-bond acceptors (Lipinski definition) is 3. The minimum absolute atomic E-state index is 0.0419. The standard InChI is InChI=1S/C16H24N2O2/c1-3-17-11-13-7-9-18(10-8-13)16(20)14-5-4-6-15(19)12(14)2/h4-6,13,17,19H,3,7-11H2,1-2H3. The number of rotatable bonds is 4. The molecule has 0 radical (unpaired) electrons. The van der Waals surface area contributed by atoms with E-state index in [4.69, 9.17) is 0 Å². The number of amides is 1. The molecule has 1 aromatic rings. The van der Waals surface area contributed by atoms with Crippen LogP contribution in [0.25, 0.3) is 0 Å². The topological polar surface area (TPSA) is 52.6 Å². The van der Waals surface area contributed by atoms with Crippen molar-refractivity contribution in [1.82, 2.24) is 10.2 Å². The number of benzene rings is 1. The van der Waals surface area contributed by atoms with E-state index in [2.05, 4.69) is 12.2 Å². The highest BCUT2D eigenvalue weighted by Gasteiger charge is 2.24. The van der Waals surface area contributed by atoms with Gasteiger partial charge in [0.1, 0.15) is 5.75 Å². The van der Waals surface area contributed by atoms with Gasteiger partial charge in [0.05, 0.1) is 0 Å². The Morgan fingerprint density at radius 1 is 1.40 bits per heavy atom. The van der Waals surface area contributed by atoms with Gasteiger partial charge in [0.15, 0.2) is 0 Å². The van der Waals surface area contributed by atoms with Gasteiger partial charge < -0.3 is 15.3 Å². The summed E-state index contributed by atoms with van der Waals surface area (Å²) in [5, 5.41) is 13.1. The highest BCUT2D eigenvalue weighted by Crippen LogP contribution is 2.23. The van der Waals surface area contributed by atoms with Gasteiger partial charge in [0.25, 0.3) is 5.91 Å². The SMILES string of the molecule is CCNCC1CCN(C(=O)c2cccc(O)c2C)CC1. The van der Waals surface area contributed by atoms with E-state index in [1.54, 1.807) is 25.1 Å². The van der Waals surface area contributed by atoms with Crippen molar-refractivity contribution in [2.45, 2.75) is 26.7 Å². The Labute approximate surface area is 120 Å². The van der Waals surface area contributed by atoms with Crippen molar-refractivity contribution in [3.8, 4) is 5.75 Å². The van der Waals surface area contributed by atoms with Gasteiger partial charge in [-0.25, -0.2) is 0 Å². The van der Waals surface area contributed by atoms with Crippen LogP contribution in [-0.4, -0.2) is 42.1 Å². The average molecular weight is 276 g/mol. The van der Waals surface area contributed by atoms with E-state index in [1.807, 2.05) is 4.90 Å². The summed E-state index contributed by atoms with van der Waals surface area (Å²) >= 11 is 0. The van der Waals surface area contributed by atoms with Gasteiger partial charge in [-0.3, -0.25) is 4.79 Å². The lowest BCUT2D eigenvalue weighted by Gasteiger charge is -2.32. The minimum Gasteiger partial charge on any atom is -0.508 e. The summed E-state index contributed by atoms with van der Waals surface area (Å²) in [6, 6.07) is 5.14. The maximum absolute atomic E-state index is 12.5. The van der Waals surface area contributed by atoms with Crippen LogP contribution in [0.15, 0.2) is 18.2 Å². The predicted octanol–water partition coefficient (Wildman–Crippen LogP) is 2.16. The quantitative estimate of drug-likeness (QED) is 0.886. The molecule has 1 amide bonds. The van der Waals surface area contributed by atoms with E-state index in [-0.39, 0.29) is 11.7 Å². The fourth-order valence-corrected chi connectivity index (χ4v) is 2.71. The Balaban J connectivity index is 1.96. The Kier molecular flexibility index (Phi) is 5.01. The van der Waals surface area contributed by atoms with Crippen LogP contribution in [0.3, 0.4) is 0 Å². The van der Waals surface area contributed by atoms with Crippen LogP contribution in [0.1, 0.15) is 35.7 Å². The van der Waals surface area contributed by atoms with Gasteiger partial charge >= 0.3 is 0 Å². The summed E-state index contributed by atoms with van der Waals surface area (Å²) in [6.45, 7) is 7.57. The van der Waals surface area contributed by atoms with Crippen molar-refractivity contribution in [2.75, 3.05) is 26.2 Å². The molecule has 1 heterocycles. The number of phenolic OH excluding ortho intramolecular Hbond substituents is 1. The first-order chi connectivity index (χ1) is 9.63. The normalized spacial score (nSPS) is 16.4. The number of carbonyl (C=O) groups excluding carboxylic acids is 1. The molecular formula is C16H24N2O2. The molecule has 0 aliphatic carbocycles. The molecule has 0 saturated carbocycles. The van der Waals surface area contributed by atoms with Gasteiger partial charge in [-0.2, -0.15) is 0 Å². The van der Waals surface area contributed by atoms with Crippen molar-refractivity contribution in [3.63, 3.8) is 0 Å². The molecule has 1 aromatic carbocycles. The number of carbonyl (C=O) groups is 1. The van der Waals surface area contributed by atoms with E-state index >= 15 is 0 Å². The second-order valence-electron chi connectivity index (χ2n) is 5.49. The number of piperidine rings is 1. The molecule has 1 aliphatic heterocycles. The molecule has 4 nitrogen and oxygen atoms in total. The van der Waals surface area contributed by atoms with E-state index in [0.29, 0.717) is 17.0 Å². The average Bonchev–Trinajstić information content (AvgIpc) is 2.48. The second kappa shape index (κ2) is 6.75. The molecule has 0 atom stereocenters. The maximum atomic E-state index is 12.5. The first-order valence-electron chi connectivity index (χ1n) is 7.42. The Morgan fingerprint density at radius 2 is 2.10 bits per heavy atom. The number of phenols is 1. The molecule has 1 fully saturated rings. The van der Waals surface area contributed by atoms with Crippen LogP contribution < -0.4 is 5.32 Å². The monoisotopic (exact) mass is 276 g/mol. The lowest BCUT2D eigenvalue weighted by molar-refractivity contribution is 0.0689. The summed E-state index contributed by atoms with van der Waals surface area (Å²) in [5.74, 6) is 0.905. The number of nitrogens with one attached hydrogen (secondary N) is 1. The lowest BCUT2D eigenvalue weighted by atomic mass is 9.95. The third-order valence-corrected chi connectivity index (χ3v) is 4.12. The van der Waals surface area contributed by atoms with Gasteiger partial charge in [-0.1, -0.05) is 13.0 Å². The van der Waals surface area contributed by atoms with Crippen LogP contribution in [0.4, 0.5) is 0 Å². The fourth-order valence-electron chi connectivity index (χ4n) is 2.71. The molecule has 2 N–H and O–H groups in total. The maximum Gasteiger partial charge on any atom is 0.254 e. The first-order valence-corrected chi connectivity index (χ1v) is 7.42. The highest BCUT2D eigenvalue weighted by atomic mass is 16.3. The zero-order chi connectivity index (χ0) is 14.5. The predicted molar refractivity (Wildman–Crippen MR) is 80.0 cm³/mol. The summed E-state index contributed by atoms with van der Waals surface area (Å²) < 4.78 is 0. The largest absolute Gasteiger partial charge is 0.508 e. The van der Waals surface area contributed by atoms with E-state index in [1.165, 1.54) is 0 Å². The third-order valence-electron chi connectivity index (χ3n) is 4.12. The van der Waals surface area contributed by atoms with Gasteiger partial charge in [0.2, 0.25) is 0 Å².